The van der Waals surface area contributed by atoms with E-state index in [1.54, 1.807) is 0 Å². The SMILES string of the molecule is CC[Si](CC)(CC)N(C(CC(=O)OCC(C)C)C(=O)OCC(C)C)[Si](CC)(CC)CC. The molecule has 0 aromatic carbocycles. The molecule has 0 aliphatic heterocycles. The van der Waals surface area contributed by atoms with Gasteiger partial charge in [-0.05, 0) is 48.1 Å². The maximum absolute atomic E-state index is 13.5. The second-order valence-corrected chi connectivity index (χ2v) is 20.3. The molecule has 0 aromatic heterocycles. The van der Waals surface area contributed by atoms with Crippen molar-refractivity contribution in [3.05, 3.63) is 0 Å². The van der Waals surface area contributed by atoms with Crippen LogP contribution in [0.25, 0.3) is 0 Å². The molecule has 0 bridgehead atoms. The van der Waals surface area contributed by atoms with E-state index in [2.05, 4.69) is 45.8 Å². The van der Waals surface area contributed by atoms with E-state index < -0.39 is 22.5 Å². The first-order valence-electron chi connectivity index (χ1n) is 12.6. The fourth-order valence-corrected chi connectivity index (χ4v) is 18.4. The quantitative estimate of drug-likeness (QED) is 0.190. The van der Waals surface area contributed by atoms with Crippen LogP contribution in [0.1, 0.15) is 75.7 Å². The summed E-state index contributed by atoms with van der Waals surface area (Å²) in [4.78, 5) is 26.4. The first kappa shape index (κ1) is 30.3. The summed E-state index contributed by atoms with van der Waals surface area (Å²) in [5.41, 5.74) is 0. The van der Waals surface area contributed by atoms with Crippen molar-refractivity contribution in [2.45, 2.75) is 118 Å². The zero-order valence-corrected chi connectivity index (χ0v) is 24.2. The minimum Gasteiger partial charge on any atom is -0.465 e. The van der Waals surface area contributed by atoms with E-state index >= 15 is 0 Å². The van der Waals surface area contributed by atoms with E-state index in [0.29, 0.717) is 13.2 Å². The number of ether oxygens (including phenoxy) is 2. The number of carbonyl (C=O) groups is 2. The summed E-state index contributed by atoms with van der Waals surface area (Å²) in [7, 11) is -3.90. The molecule has 0 aliphatic rings. The topological polar surface area (TPSA) is 55.8 Å². The van der Waals surface area contributed by atoms with Crippen LogP contribution in [0.3, 0.4) is 0 Å². The Kier molecular flexibility index (Phi) is 14.2. The maximum Gasteiger partial charge on any atom is 0.322 e. The molecule has 0 rings (SSSR count). The van der Waals surface area contributed by atoms with E-state index in [4.69, 9.17) is 9.47 Å². The molecule has 7 heteroatoms. The Bertz CT molecular complexity index is 495. The van der Waals surface area contributed by atoms with Gasteiger partial charge < -0.3 is 13.7 Å². The Morgan fingerprint density at radius 2 is 1.03 bits per heavy atom. The monoisotopic (exact) mass is 473 g/mol. The fraction of sp³-hybridized carbons (Fsp3) is 0.917. The molecule has 0 saturated heterocycles. The zero-order valence-electron chi connectivity index (χ0n) is 22.2. The highest BCUT2D eigenvalue weighted by atomic mass is 28.4. The first-order chi connectivity index (χ1) is 14.5. The summed E-state index contributed by atoms with van der Waals surface area (Å²) in [6, 6.07) is 6.01. The van der Waals surface area contributed by atoms with Crippen LogP contribution in [0.15, 0.2) is 0 Å². The molecule has 0 fully saturated rings. The van der Waals surface area contributed by atoms with Gasteiger partial charge in [0.2, 0.25) is 0 Å². The molecular weight excluding hydrogens is 422 g/mol. The Hall–Kier alpha value is -0.666. The molecule has 5 nitrogen and oxygen atoms in total. The van der Waals surface area contributed by atoms with E-state index in [1.807, 2.05) is 27.7 Å². The maximum atomic E-state index is 13.5. The summed E-state index contributed by atoms with van der Waals surface area (Å²) in [6.45, 7) is 22.6. The predicted molar refractivity (Wildman–Crippen MR) is 136 cm³/mol. The van der Waals surface area contributed by atoms with Crippen LogP contribution in [-0.2, 0) is 19.1 Å². The number of rotatable bonds is 16. The van der Waals surface area contributed by atoms with Crippen LogP contribution in [0, 0.1) is 11.8 Å². The molecule has 0 N–H and O–H groups in total. The summed E-state index contributed by atoms with van der Waals surface area (Å²) in [6.07, 6.45) is 0.104. The summed E-state index contributed by atoms with van der Waals surface area (Å²) in [5, 5.41) is 0. The molecular formula is C24H51NO4Si2. The summed E-state index contributed by atoms with van der Waals surface area (Å²) < 4.78 is 14.0. The van der Waals surface area contributed by atoms with Crippen LogP contribution < -0.4 is 0 Å². The normalized spacial score (nSPS) is 13.7. The lowest BCUT2D eigenvalue weighted by Gasteiger charge is -2.54. The van der Waals surface area contributed by atoms with E-state index in [9.17, 15) is 9.59 Å². The van der Waals surface area contributed by atoms with Crippen LogP contribution >= 0.6 is 0 Å². The molecule has 0 heterocycles. The number of nitrogens with zero attached hydrogens (tertiary/aromatic N) is 1. The lowest BCUT2D eigenvalue weighted by Crippen LogP contribution is -2.71. The van der Waals surface area contributed by atoms with Crippen molar-refractivity contribution in [1.82, 2.24) is 4.23 Å². The van der Waals surface area contributed by atoms with Crippen molar-refractivity contribution in [2.24, 2.45) is 11.8 Å². The van der Waals surface area contributed by atoms with Crippen molar-refractivity contribution in [3.8, 4) is 0 Å². The van der Waals surface area contributed by atoms with E-state index in [0.717, 1.165) is 36.3 Å². The van der Waals surface area contributed by atoms with Gasteiger partial charge in [-0.2, -0.15) is 0 Å². The van der Waals surface area contributed by atoms with Crippen molar-refractivity contribution in [2.75, 3.05) is 13.2 Å². The molecule has 0 radical (unpaired) electrons. The van der Waals surface area contributed by atoms with Gasteiger partial charge in [0.1, 0.15) is 22.5 Å². The highest BCUT2D eigenvalue weighted by Gasteiger charge is 2.52. The summed E-state index contributed by atoms with van der Waals surface area (Å²) in [5.74, 6) is 0.0384. The number of esters is 2. The predicted octanol–water partition coefficient (Wildman–Crippen LogP) is 6.46. The van der Waals surface area contributed by atoms with Gasteiger partial charge in [0, 0.05) is 0 Å². The smallest absolute Gasteiger partial charge is 0.322 e. The zero-order chi connectivity index (χ0) is 24.2. The van der Waals surface area contributed by atoms with Gasteiger partial charge in [-0.25, -0.2) is 0 Å². The minimum absolute atomic E-state index is 0.104. The number of hydrogen-bond donors (Lipinski definition) is 0. The van der Waals surface area contributed by atoms with Crippen molar-refractivity contribution in [1.29, 1.82) is 0 Å². The summed E-state index contributed by atoms with van der Waals surface area (Å²) >= 11 is 0. The van der Waals surface area contributed by atoms with Gasteiger partial charge in [-0.3, -0.25) is 9.59 Å². The van der Waals surface area contributed by atoms with Crippen molar-refractivity contribution in [3.63, 3.8) is 0 Å². The lowest BCUT2D eigenvalue weighted by atomic mass is 10.2. The highest BCUT2D eigenvalue weighted by molar-refractivity contribution is 6.93. The van der Waals surface area contributed by atoms with Gasteiger partial charge in [0.25, 0.3) is 0 Å². The van der Waals surface area contributed by atoms with Crippen molar-refractivity contribution >= 4 is 28.4 Å². The van der Waals surface area contributed by atoms with Crippen molar-refractivity contribution < 1.29 is 19.1 Å². The molecule has 184 valence electrons. The lowest BCUT2D eigenvalue weighted by molar-refractivity contribution is -0.155. The Morgan fingerprint density at radius 1 is 0.677 bits per heavy atom. The average Bonchev–Trinajstić information content (AvgIpc) is 2.76. The second-order valence-electron chi connectivity index (χ2n) is 9.76. The first-order valence-corrected chi connectivity index (χ1v) is 17.8. The van der Waals surface area contributed by atoms with Gasteiger partial charge in [-0.1, -0.05) is 69.2 Å². The third-order valence-corrected chi connectivity index (χ3v) is 20.5. The number of carbonyl (C=O) groups excluding carboxylic acids is 2. The van der Waals surface area contributed by atoms with Crippen LogP contribution in [0.5, 0.6) is 0 Å². The van der Waals surface area contributed by atoms with Gasteiger partial charge in [0.15, 0.2) is 0 Å². The minimum atomic E-state index is -1.95. The Labute approximate surface area is 194 Å². The number of hydrogen-bond acceptors (Lipinski definition) is 5. The molecule has 31 heavy (non-hydrogen) atoms. The highest BCUT2D eigenvalue weighted by Crippen LogP contribution is 2.39. The molecule has 0 aliphatic carbocycles. The van der Waals surface area contributed by atoms with Crippen LogP contribution in [0.4, 0.5) is 0 Å². The average molecular weight is 474 g/mol. The van der Waals surface area contributed by atoms with Gasteiger partial charge in [-0.15, -0.1) is 0 Å². The molecule has 1 atom stereocenters. The second kappa shape index (κ2) is 14.5. The molecule has 0 amide bonds. The van der Waals surface area contributed by atoms with Crippen LogP contribution in [-0.4, -0.2) is 51.9 Å². The molecule has 0 aromatic rings. The third kappa shape index (κ3) is 8.32. The Balaban J connectivity index is 6.45. The molecule has 0 spiro atoms. The van der Waals surface area contributed by atoms with Gasteiger partial charge >= 0.3 is 11.9 Å². The fourth-order valence-electron chi connectivity index (χ4n) is 4.79. The third-order valence-electron chi connectivity index (χ3n) is 7.05. The Morgan fingerprint density at radius 3 is 1.35 bits per heavy atom. The van der Waals surface area contributed by atoms with Crippen LogP contribution in [0.2, 0.25) is 36.3 Å². The molecule has 0 saturated carbocycles. The standard InChI is InChI=1S/C24H51NO4Si2/c1-11-30(12-2,13-3)25(31(14-4,15-5)16-6)22(24(27)29-19-21(9)10)17-23(26)28-18-20(7)8/h20-22H,11-19H2,1-10H3. The van der Waals surface area contributed by atoms with E-state index in [-0.39, 0.29) is 30.2 Å². The largest absolute Gasteiger partial charge is 0.465 e. The molecule has 1 unspecified atom stereocenters. The van der Waals surface area contributed by atoms with E-state index in [1.165, 1.54) is 0 Å². The van der Waals surface area contributed by atoms with Gasteiger partial charge in [0.05, 0.1) is 19.6 Å².